The van der Waals surface area contributed by atoms with Gasteiger partial charge >= 0.3 is 0 Å². The number of nitrogens with zero attached hydrogens (tertiary/aromatic N) is 2. The van der Waals surface area contributed by atoms with Crippen molar-refractivity contribution in [3.63, 3.8) is 0 Å². The van der Waals surface area contributed by atoms with Crippen LogP contribution in [0.25, 0.3) is 0 Å². The van der Waals surface area contributed by atoms with Crippen molar-refractivity contribution in [3.8, 4) is 0 Å². The molecule has 0 radical (unpaired) electrons. The van der Waals surface area contributed by atoms with Crippen molar-refractivity contribution in [2.75, 3.05) is 11.9 Å². The lowest BCUT2D eigenvalue weighted by molar-refractivity contribution is 0.176. The fourth-order valence-electron chi connectivity index (χ4n) is 1.05. The molecule has 0 saturated heterocycles. The van der Waals surface area contributed by atoms with Gasteiger partial charge in [0.25, 0.3) is 0 Å². The van der Waals surface area contributed by atoms with Crippen LogP contribution in [-0.4, -0.2) is 27.7 Å². The highest BCUT2D eigenvalue weighted by atomic mass is 16.3. The lowest BCUT2D eigenvalue weighted by atomic mass is 10.2. The Bertz CT molecular complexity index is 228. The van der Waals surface area contributed by atoms with Crippen LogP contribution in [0.3, 0.4) is 0 Å². The van der Waals surface area contributed by atoms with Crippen molar-refractivity contribution < 1.29 is 5.11 Å². The van der Waals surface area contributed by atoms with Crippen molar-refractivity contribution in [1.29, 1.82) is 0 Å². The predicted octanol–water partition coefficient (Wildman–Crippen LogP) is 1.05. The Morgan fingerprint density at radius 3 is 3.08 bits per heavy atom. The first-order valence-electron chi connectivity index (χ1n) is 4.51. The summed E-state index contributed by atoms with van der Waals surface area (Å²) < 4.78 is 0. The number of aromatic nitrogens is 2. The molecule has 1 aromatic rings. The average Bonchev–Trinajstić information content (AvgIpc) is 2.17. The molecule has 0 aliphatic heterocycles. The van der Waals surface area contributed by atoms with Gasteiger partial charge in [-0.1, -0.05) is 13.3 Å². The van der Waals surface area contributed by atoms with Crippen molar-refractivity contribution in [1.82, 2.24) is 9.97 Å². The minimum Gasteiger partial charge on any atom is -0.391 e. The first-order valence-corrected chi connectivity index (χ1v) is 4.51. The van der Waals surface area contributed by atoms with Crippen LogP contribution in [0.15, 0.2) is 18.6 Å². The van der Waals surface area contributed by atoms with Gasteiger partial charge in [0.2, 0.25) is 0 Å². The van der Waals surface area contributed by atoms with Gasteiger partial charge in [-0.25, -0.2) is 9.97 Å². The van der Waals surface area contributed by atoms with Gasteiger partial charge in [0.05, 0.1) is 6.10 Å². The van der Waals surface area contributed by atoms with Gasteiger partial charge in [0.1, 0.15) is 12.1 Å². The molecule has 72 valence electrons. The van der Waals surface area contributed by atoms with Gasteiger partial charge in [-0.3, -0.25) is 0 Å². The summed E-state index contributed by atoms with van der Waals surface area (Å²) in [6.07, 6.45) is 4.67. The second-order valence-electron chi connectivity index (χ2n) is 2.92. The van der Waals surface area contributed by atoms with Crippen LogP contribution in [0, 0.1) is 0 Å². The van der Waals surface area contributed by atoms with E-state index in [1.165, 1.54) is 6.33 Å². The molecule has 1 rings (SSSR count). The molecule has 1 heterocycles. The monoisotopic (exact) mass is 181 g/mol. The third-order valence-corrected chi connectivity index (χ3v) is 1.72. The summed E-state index contributed by atoms with van der Waals surface area (Å²) in [6.45, 7) is 2.60. The molecule has 1 atom stereocenters. The molecule has 0 aliphatic rings. The van der Waals surface area contributed by atoms with E-state index in [2.05, 4.69) is 15.3 Å². The van der Waals surface area contributed by atoms with Crippen molar-refractivity contribution in [2.24, 2.45) is 0 Å². The molecule has 0 aromatic carbocycles. The van der Waals surface area contributed by atoms with E-state index >= 15 is 0 Å². The lowest BCUT2D eigenvalue weighted by Gasteiger charge is -2.10. The Labute approximate surface area is 78.0 Å². The molecule has 0 spiro atoms. The molecule has 0 aliphatic carbocycles. The summed E-state index contributed by atoms with van der Waals surface area (Å²) in [6, 6.07) is 1.78. The van der Waals surface area contributed by atoms with Crippen LogP contribution in [0.4, 0.5) is 5.82 Å². The van der Waals surface area contributed by atoms with E-state index in [1.54, 1.807) is 12.3 Å². The van der Waals surface area contributed by atoms with Crippen molar-refractivity contribution in [3.05, 3.63) is 18.6 Å². The predicted molar refractivity (Wildman–Crippen MR) is 51.4 cm³/mol. The van der Waals surface area contributed by atoms with Crippen LogP contribution < -0.4 is 5.32 Å². The highest BCUT2D eigenvalue weighted by Gasteiger charge is 2.01. The Kier molecular flexibility index (Phi) is 4.18. The van der Waals surface area contributed by atoms with Crippen molar-refractivity contribution >= 4 is 5.82 Å². The second kappa shape index (κ2) is 5.48. The third-order valence-electron chi connectivity index (χ3n) is 1.72. The minimum absolute atomic E-state index is 0.292. The summed E-state index contributed by atoms with van der Waals surface area (Å²) in [7, 11) is 0. The number of anilines is 1. The molecule has 0 fully saturated rings. The number of aliphatic hydroxyl groups is 1. The standard InChI is InChI=1S/C9H15N3O/c1-2-3-8(13)6-11-9-4-5-10-7-12-9/h4-5,7-8,13H,2-3,6H2,1H3,(H,10,11,12). The van der Waals surface area contributed by atoms with E-state index in [4.69, 9.17) is 0 Å². The topological polar surface area (TPSA) is 58.0 Å². The van der Waals surface area contributed by atoms with Gasteiger partial charge in [0.15, 0.2) is 0 Å². The summed E-state index contributed by atoms with van der Waals surface area (Å²) >= 11 is 0. The molecular formula is C9H15N3O. The largest absolute Gasteiger partial charge is 0.391 e. The maximum absolute atomic E-state index is 9.40. The summed E-state index contributed by atoms with van der Waals surface area (Å²) in [5, 5.41) is 12.4. The molecule has 4 nitrogen and oxygen atoms in total. The van der Waals surface area contributed by atoms with Gasteiger partial charge in [-0.2, -0.15) is 0 Å². The third kappa shape index (κ3) is 3.85. The van der Waals surface area contributed by atoms with E-state index in [0.29, 0.717) is 6.54 Å². The zero-order chi connectivity index (χ0) is 9.52. The quantitative estimate of drug-likeness (QED) is 0.712. The van der Waals surface area contributed by atoms with Gasteiger partial charge < -0.3 is 10.4 Å². The van der Waals surface area contributed by atoms with Gasteiger partial charge in [0, 0.05) is 12.7 Å². The normalized spacial score (nSPS) is 12.5. The highest BCUT2D eigenvalue weighted by molar-refractivity contribution is 5.31. The van der Waals surface area contributed by atoms with Crippen LogP contribution in [0.5, 0.6) is 0 Å². The van der Waals surface area contributed by atoms with Crippen LogP contribution in [0.2, 0.25) is 0 Å². The van der Waals surface area contributed by atoms with Gasteiger partial charge in [-0.05, 0) is 12.5 Å². The van der Waals surface area contributed by atoms with E-state index in [-0.39, 0.29) is 6.10 Å². The molecule has 1 aromatic heterocycles. The van der Waals surface area contributed by atoms with E-state index in [1.807, 2.05) is 6.92 Å². The first-order chi connectivity index (χ1) is 6.33. The van der Waals surface area contributed by atoms with Gasteiger partial charge in [-0.15, -0.1) is 0 Å². The zero-order valence-electron chi connectivity index (χ0n) is 7.77. The number of hydrogen-bond donors (Lipinski definition) is 2. The number of hydrogen-bond acceptors (Lipinski definition) is 4. The van der Waals surface area contributed by atoms with Crippen LogP contribution in [-0.2, 0) is 0 Å². The van der Waals surface area contributed by atoms with E-state index in [0.717, 1.165) is 18.7 Å². The maximum atomic E-state index is 9.40. The van der Waals surface area contributed by atoms with E-state index < -0.39 is 0 Å². The molecule has 4 heteroatoms. The SMILES string of the molecule is CCCC(O)CNc1ccncn1. The lowest BCUT2D eigenvalue weighted by Crippen LogP contribution is -2.19. The highest BCUT2D eigenvalue weighted by Crippen LogP contribution is 2.00. The van der Waals surface area contributed by atoms with E-state index in [9.17, 15) is 5.11 Å². The summed E-state index contributed by atoms with van der Waals surface area (Å²) in [5.74, 6) is 0.755. The number of rotatable bonds is 5. The fourth-order valence-corrected chi connectivity index (χ4v) is 1.05. The molecular weight excluding hydrogens is 166 g/mol. The smallest absolute Gasteiger partial charge is 0.129 e. The van der Waals surface area contributed by atoms with Crippen LogP contribution >= 0.6 is 0 Å². The Balaban J connectivity index is 2.27. The Hall–Kier alpha value is -1.16. The summed E-state index contributed by atoms with van der Waals surface area (Å²) in [5.41, 5.74) is 0. The molecule has 2 N–H and O–H groups in total. The zero-order valence-corrected chi connectivity index (χ0v) is 7.77. The maximum Gasteiger partial charge on any atom is 0.129 e. The molecule has 13 heavy (non-hydrogen) atoms. The Morgan fingerprint density at radius 1 is 1.62 bits per heavy atom. The summed E-state index contributed by atoms with van der Waals surface area (Å²) in [4.78, 5) is 7.77. The van der Waals surface area contributed by atoms with Crippen molar-refractivity contribution in [2.45, 2.75) is 25.9 Å². The molecule has 1 unspecified atom stereocenters. The number of aliphatic hydroxyl groups excluding tert-OH is 1. The minimum atomic E-state index is -0.292. The second-order valence-corrected chi connectivity index (χ2v) is 2.92. The average molecular weight is 181 g/mol. The fraction of sp³-hybridized carbons (Fsp3) is 0.556. The molecule has 0 bridgehead atoms. The number of nitrogens with one attached hydrogen (secondary N) is 1. The Morgan fingerprint density at radius 2 is 2.46 bits per heavy atom. The molecule has 0 saturated carbocycles. The molecule has 0 amide bonds. The first kappa shape index (κ1) is 9.92. The van der Waals surface area contributed by atoms with Crippen LogP contribution in [0.1, 0.15) is 19.8 Å².